The highest BCUT2D eigenvalue weighted by atomic mass is 16.2. The topological polar surface area (TPSA) is 74.5 Å². The number of aromatic nitrogens is 1. The van der Waals surface area contributed by atoms with Crippen LogP contribution in [0, 0.1) is 0 Å². The van der Waals surface area contributed by atoms with Gasteiger partial charge in [-0.25, -0.2) is 4.79 Å². The van der Waals surface area contributed by atoms with Crippen LogP contribution in [0.25, 0.3) is 5.57 Å². The van der Waals surface area contributed by atoms with E-state index in [-0.39, 0.29) is 6.03 Å². The summed E-state index contributed by atoms with van der Waals surface area (Å²) in [5.74, 6) is 0. The van der Waals surface area contributed by atoms with Crippen molar-refractivity contribution >= 4 is 11.6 Å². The van der Waals surface area contributed by atoms with Crippen LogP contribution in [-0.4, -0.2) is 53.0 Å². The third-order valence-electron chi connectivity index (χ3n) is 5.11. The van der Waals surface area contributed by atoms with Crippen LogP contribution in [0.2, 0.25) is 0 Å². The Kier molecular flexibility index (Phi) is 5.73. The Hall–Kier alpha value is -2.60. The maximum absolute atomic E-state index is 12.5. The third-order valence-corrected chi connectivity index (χ3v) is 5.11. The lowest BCUT2D eigenvalue weighted by Crippen LogP contribution is -2.54. The highest BCUT2D eigenvalue weighted by Crippen LogP contribution is 2.21. The zero-order valence-corrected chi connectivity index (χ0v) is 15.3. The number of pyridine rings is 1. The van der Waals surface area contributed by atoms with Gasteiger partial charge in [0.05, 0.1) is 11.4 Å². The van der Waals surface area contributed by atoms with Gasteiger partial charge < -0.3 is 16.0 Å². The van der Waals surface area contributed by atoms with Gasteiger partial charge >= 0.3 is 6.03 Å². The highest BCUT2D eigenvalue weighted by Gasteiger charge is 2.32. The summed E-state index contributed by atoms with van der Waals surface area (Å²) >= 11 is 0. The summed E-state index contributed by atoms with van der Waals surface area (Å²) in [5, 5.41) is 2.83. The molecule has 0 radical (unpaired) electrons. The Balaban J connectivity index is 1.56. The van der Waals surface area contributed by atoms with Gasteiger partial charge in [0.15, 0.2) is 0 Å². The number of carbonyl (C=O) groups is 1. The van der Waals surface area contributed by atoms with Crippen molar-refractivity contribution in [2.45, 2.75) is 25.8 Å². The summed E-state index contributed by atoms with van der Waals surface area (Å²) in [6.45, 7) is 9.53. The van der Waals surface area contributed by atoms with Crippen LogP contribution in [0.1, 0.15) is 25.3 Å². The number of allylic oxidation sites excluding steroid dienone is 3. The Morgan fingerprint density at radius 2 is 2.23 bits per heavy atom. The number of nitrogens with zero attached hydrogens (tertiary/aromatic N) is 3. The molecule has 138 valence electrons. The van der Waals surface area contributed by atoms with Gasteiger partial charge in [0.1, 0.15) is 0 Å². The van der Waals surface area contributed by atoms with Gasteiger partial charge in [0.2, 0.25) is 0 Å². The van der Waals surface area contributed by atoms with Crippen molar-refractivity contribution < 1.29 is 4.79 Å². The molecular weight excluding hydrogens is 326 g/mol. The van der Waals surface area contributed by atoms with Gasteiger partial charge in [0, 0.05) is 38.1 Å². The van der Waals surface area contributed by atoms with Gasteiger partial charge in [-0.15, -0.1) is 0 Å². The van der Waals surface area contributed by atoms with E-state index in [0.717, 1.165) is 37.3 Å². The van der Waals surface area contributed by atoms with Crippen LogP contribution < -0.4 is 11.1 Å². The first kappa shape index (κ1) is 18.2. The summed E-state index contributed by atoms with van der Waals surface area (Å²) in [4.78, 5) is 20.9. The molecule has 2 amide bonds. The second-order valence-electron chi connectivity index (χ2n) is 6.90. The van der Waals surface area contributed by atoms with Crippen LogP contribution in [0.5, 0.6) is 0 Å². The maximum Gasteiger partial charge on any atom is 0.321 e. The minimum atomic E-state index is -0.120. The van der Waals surface area contributed by atoms with E-state index in [0.29, 0.717) is 17.4 Å². The van der Waals surface area contributed by atoms with Crippen molar-refractivity contribution in [2.24, 2.45) is 5.73 Å². The standard InChI is InChI=1S/C20H27N5O/c1-15(17-5-3-9-22-13-17)7-8-19(21)16(2)23-20(26)25-12-11-24-10-4-6-18(24)14-25/h3,5,7-9,13,18H,2,4,6,10-12,14,21H2,1H3,(H,23,26)/b15-7+,19-8+. The predicted octanol–water partition coefficient (Wildman–Crippen LogP) is 2.33. The summed E-state index contributed by atoms with van der Waals surface area (Å²) in [5.41, 5.74) is 9.01. The van der Waals surface area contributed by atoms with Crippen LogP contribution in [-0.2, 0) is 0 Å². The molecule has 0 aliphatic carbocycles. The van der Waals surface area contributed by atoms with E-state index in [4.69, 9.17) is 5.73 Å². The number of fused-ring (bicyclic) bond motifs is 1. The molecule has 2 saturated heterocycles. The quantitative estimate of drug-likeness (QED) is 0.815. The zero-order valence-electron chi connectivity index (χ0n) is 15.3. The molecule has 0 aromatic carbocycles. The van der Waals surface area contributed by atoms with E-state index in [1.807, 2.05) is 30.0 Å². The van der Waals surface area contributed by atoms with E-state index in [1.165, 1.54) is 12.8 Å². The van der Waals surface area contributed by atoms with E-state index < -0.39 is 0 Å². The molecule has 0 spiro atoms. The Bertz CT molecular complexity index is 725. The zero-order chi connectivity index (χ0) is 18.5. The second-order valence-corrected chi connectivity index (χ2v) is 6.90. The van der Waals surface area contributed by atoms with Gasteiger partial charge in [0.25, 0.3) is 0 Å². The molecule has 1 aromatic heterocycles. The Labute approximate surface area is 155 Å². The fourth-order valence-corrected chi connectivity index (χ4v) is 3.46. The number of piperazine rings is 1. The predicted molar refractivity (Wildman–Crippen MR) is 104 cm³/mol. The molecule has 2 aliphatic rings. The molecular formula is C20H27N5O. The molecule has 3 heterocycles. The van der Waals surface area contributed by atoms with E-state index in [2.05, 4.69) is 21.8 Å². The highest BCUT2D eigenvalue weighted by molar-refractivity contribution is 5.77. The lowest BCUT2D eigenvalue weighted by atomic mass is 10.1. The molecule has 3 N–H and O–H groups in total. The first-order chi connectivity index (χ1) is 12.5. The monoisotopic (exact) mass is 353 g/mol. The smallest absolute Gasteiger partial charge is 0.321 e. The molecule has 0 saturated carbocycles. The number of amides is 2. The van der Waals surface area contributed by atoms with Crippen molar-refractivity contribution in [2.75, 3.05) is 26.2 Å². The lowest BCUT2D eigenvalue weighted by Gasteiger charge is -2.37. The summed E-state index contributed by atoms with van der Waals surface area (Å²) < 4.78 is 0. The van der Waals surface area contributed by atoms with Crippen LogP contribution >= 0.6 is 0 Å². The van der Waals surface area contributed by atoms with Gasteiger partial charge in [-0.05, 0) is 49.6 Å². The molecule has 6 heteroatoms. The number of urea groups is 1. The van der Waals surface area contributed by atoms with Crippen molar-refractivity contribution in [3.05, 3.63) is 60.2 Å². The van der Waals surface area contributed by atoms with Crippen LogP contribution in [0.15, 0.2) is 54.7 Å². The van der Waals surface area contributed by atoms with Crippen molar-refractivity contribution in [3.63, 3.8) is 0 Å². The summed E-state index contributed by atoms with van der Waals surface area (Å²) in [6, 6.07) is 4.26. The molecule has 2 aliphatic heterocycles. The number of hydrogen-bond donors (Lipinski definition) is 2. The molecule has 2 fully saturated rings. The van der Waals surface area contributed by atoms with Crippen molar-refractivity contribution in [1.82, 2.24) is 20.1 Å². The van der Waals surface area contributed by atoms with E-state index in [1.54, 1.807) is 18.5 Å². The summed E-state index contributed by atoms with van der Waals surface area (Å²) in [7, 11) is 0. The molecule has 26 heavy (non-hydrogen) atoms. The van der Waals surface area contributed by atoms with Crippen molar-refractivity contribution in [3.8, 4) is 0 Å². The number of rotatable bonds is 4. The fourth-order valence-electron chi connectivity index (χ4n) is 3.46. The Morgan fingerprint density at radius 3 is 3.00 bits per heavy atom. The molecule has 1 unspecified atom stereocenters. The van der Waals surface area contributed by atoms with E-state index in [9.17, 15) is 4.79 Å². The first-order valence-electron chi connectivity index (χ1n) is 9.08. The minimum Gasteiger partial charge on any atom is -0.397 e. The maximum atomic E-state index is 12.5. The van der Waals surface area contributed by atoms with Gasteiger partial charge in [-0.1, -0.05) is 18.7 Å². The fraction of sp³-hybridized carbons (Fsp3) is 0.400. The molecule has 3 rings (SSSR count). The normalized spacial score (nSPS) is 21.4. The first-order valence-corrected chi connectivity index (χ1v) is 9.08. The number of hydrogen-bond acceptors (Lipinski definition) is 4. The van der Waals surface area contributed by atoms with Crippen LogP contribution in [0.4, 0.5) is 4.79 Å². The molecule has 1 aromatic rings. The average Bonchev–Trinajstić information content (AvgIpc) is 3.14. The van der Waals surface area contributed by atoms with Crippen molar-refractivity contribution in [1.29, 1.82) is 0 Å². The molecule has 0 bridgehead atoms. The van der Waals surface area contributed by atoms with Crippen LogP contribution in [0.3, 0.4) is 0 Å². The molecule has 6 nitrogen and oxygen atoms in total. The number of nitrogens with two attached hydrogens (primary N) is 1. The minimum absolute atomic E-state index is 0.120. The van der Waals surface area contributed by atoms with Gasteiger partial charge in [-0.3, -0.25) is 9.88 Å². The van der Waals surface area contributed by atoms with E-state index >= 15 is 0 Å². The SMILES string of the molecule is C=C(NC(=O)N1CCN2CCCC2C1)/C(N)=C\C=C(/C)c1cccnc1. The number of nitrogens with one attached hydrogen (secondary N) is 1. The average molecular weight is 353 g/mol. The molecule has 1 atom stereocenters. The number of carbonyl (C=O) groups excluding carboxylic acids is 1. The third kappa shape index (κ3) is 4.32. The Morgan fingerprint density at radius 1 is 1.38 bits per heavy atom. The lowest BCUT2D eigenvalue weighted by molar-refractivity contribution is 0.119. The largest absolute Gasteiger partial charge is 0.397 e. The summed E-state index contributed by atoms with van der Waals surface area (Å²) in [6.07, 6.45) is 9.61. The van der Waals surface area contributed by atoms with Gasteiger partial charge in [-0.2, -0.15) is 0 Å². The second kappa shape index (κ2) is 8.19.